The van der Waals surface area contributed by atoms with Crippen molar-refractivity contribution in [2.75, 3.05) is 18.4 Å². The molecule has 0 aromatic carbocycles. The zero-order chi connectivity index (χ0) is 12.7. The van der Waals surface area contributed by atoms with Crippen molar-refractivity contribution in [3.05, 3.63) is 12.3 Å². The molecule has 96 valence electrons. The summed E-state index contributed by atoms with van der Waals surface area (Å²) < 4.78 is 5.50. The van der Waals surface area contributed by atoms with Crippen molar-refractivity contribution in [2.24, 2.45) is 11.7 Å². The van der Waals surface area contributed by atoms with Crippen molar-refractivity contribution in [3.63, 3.8) is 0 Å². The van der Waals surface area contributed by atoms with Crippen LogP contribution in [0.5, 0.6) is 5.88 Å². The lowest BCUT2D eigenvalue weighted by Gasteiger charge is -2.12. The molecule has 0 saturated heterocycles. The second-order valence-electron chi connectivity index (χ2n) is 4.45. The van der Waals surface area contributed by atoms with E-state index in [1.54, 1.807) is 12.3 Å². The lowest BCUT2D eigenvalue weighted by molar-refractivity contribution is 0.232. The van der Waals surface area contributed by atoms with Crippen molar-refractivity contribution < 1.29 is 4.74 Å². The fraction of sp³-hybridized carbons (Fsp3) is 0.667. The molecule has 1 aromatic rings. The average Bonchev–Trinajstić information content (AvgIpc) is 2.26. The van der Waals surface area contributed by atoms with E-state index in [1.807, 2.05) is 13.8 Å². The molecule has 17 heavy (non-hydrogen) atoms. The van der Waals surface area contributed by atoms with Crippen LogP contribution < -0.4 is 15.8 Å². The molecule has 0 radical (unpaired) electrons. The van der Waals surface area contributed by atoms with Crippen molar-refractivity contribution in [1.82, 2.24) is 9.97 Å². The molecule has 0 fully saturated rings. The van der Waals surface area contributed by atoms with Crippen molar-refractivity contribution in [3.8, 4) is 5.88 Å². The zero-order valence-electron chi connectivity index (χ0n) is 10.8. The maximum atomic E-state index is 5.50. The fourth-order valence-electron chi connectivity index (χ4n) is 1.39. The summed E-state index contributed by atoms with van der Waals surface area (Å²) in [5.74, 6) is 1.72. The van der Waals surface area contributed by atoms with E-state index in [0.717, 1.165) is 13.0 Å². The van der Waals surface area contributed by atoms with Crippen LogP contribution in [0, 0.1) is 5.92 Å². The smallest absolute Gasteiger partial charge is 0.225 e. The standard InChI is InChI=1S/C12H22N4O/c1-9(2)17-11-5-7-14-12(16-11)15-8-10(3)4-6-13/h5,7,9-10H,4,6,8,13H2,1-3H3,(H,14,15,16). The molecular formula is C12H22N4O. The van der Waals surface area contributed by atoms with Gasteiger partial charge in [0.15, 0.2) is 0 Å². The van der Waals surface area contributed by atoms with Crippen molar-refractivity contribution >= 4 is 5.95 Å². The second kappa shape index (κ2) is 7.06. The van der Waals surface area contributed by atoms with E-state index in [4.69, 9.17) is 10.5 Å². The summed E-state index contributed by atoms with van der Waals surface area (Å²) >= 11 is 0. The van der Waals surface area contributed by atoms with Crippen LogP contribution in [0.1, 0.15) is 27.2 Å². The molecule has 0 amide bonds. The van der Waals surface area contributed by atoms with Crippen LogP contribution in [-0.2, 0) is 0 Å². The van der Waals surface area contributed by atoms with Gasteiger partial charge in [-0.15, -0.1) is 0 Å². The number of hydrogen-bond donors (Lipinski definition) is 2. The summed E-state index contributed by atoms with van der Waals surface area (Å²) in [4.78, 5) is 8.41. The number of nitrogens with two attached hydrogens (primary N) is 1. The molecule has 1 rings (SSSR count). The molecule has 0 bridgehead atoms. The molecular weight excluding hydrogens is 216 g/mol. The Balaban J connectivity index is 2.48. The first-order chi connectivity index (χ1) is 8.11. The molecule has 1 atom stereocenters. The minimum atomic E-state index is 0.119. The van der Waals surface area contributed by atoms with Gasteiger partial charge in [0, 0.05) is 18.8 Å². The SMILES string of the molecule is CC(CCN)CNc1nccc(OC(C)C)n1. The fourth-order valence-corrected chi connectivity index (χ4v) is 1.39. The number of hydrogen-bond acceptors (Lipinski definition) is 5. The van der Waals surface area contributed by atoms with Gasteiger partial charge in [0.25, 0.3) is 0 Å². The topological polar surface area (TPSA) is 73.1 Å². The first-order valence-corrected chi connectivity index (χ1v) is 6.05. The van der Waals surface area contributed by atoms with E-state index in [0.29, 0.717) is 24.3 Å². The van der Waals surface area contributed by atoms with Gasteiger partial charge < -0.3 is 15.8 Å². The van der Waals surface area contributed by atoms with Crippen LogP contribution in [0.2, 0.25) is 0 Å². The van der Waals surface area contributed by atoms with E-state index in [2.05, 4.69) is 22.2 Å². The van der Waals surface area contributed by atoms with Crippen LogP contribution >= 0.6 is 0 Å². The number of aromatic nitrogens is 2. The lowest BCUT2D eigenvalue weighted by Crippen LogP contribution is -2.16. The molecule has 0 spiro atoms. The molecule has 0 aliphatic rings. The Hall–Kier alpha value is -1.36. The molecule has 0 saturated carbocycles. The highest BCUT2D eigenvalue weighted by atomic mass is 16.5. The van der Waals surface area contributed by atoms with Crippen LogP contribution in [0.25, 0.3) is 0 Å². The third kappa shape index (κ3) is 5.49. The third-order valence-corrected chi connectivity index (χ3v) is 2.25. The highest BCUT2D eigenvalue weighted by molar-refractivity contribution is 5.27. The minimum absolute atomic E-state index is 0.119. The van der Waals surface area contributed by atoms with Crippen LogP contribution in [-0.4, -0.2) is 29.2 Å². The van der Waals surface area contributed by atoms with E-state index >= 15 is 0 Å². The van der Waals surface area contributed by atoms with E-state index in [1.165, 1.54) is 0 Å². The predicted molar refractivity (Wildman–Crippen MR) is 69.1 cm³/mol. The highest BCUT2D eigenvalue weighted by Crippen LogP contribution is 2.11. The molecule has 5 nitrogen and oxygen atoms in total. The number of rotatable bonds is 7. The predicted octanol–water partition coefficient (Wildman–Crippen LogP) is 1.66. The van der Waals surface area contributed by atoms with Gasteiger partial charge in [0.2, 0.25) is 11.8 Å². The Kier molecular flexibility index (Phi) is 5.69. The normalized spacial score (nSPS) is 12.5. The van der Waals surface area contributed by atoms with Gasteiger partial charge in [-0.25, -0.2) is 4.98 Å². The molecule has 0 aliphatic carbocycles. The molecule has 1 heterocycles. The lowest BCUT2D eigenvalue weighted by atomic mass is 10.1. The molecule has 1 unspecified atom stereocenters. The number of anilines is 1. The van der Waals surface area contributed by atoms with Crippen molar-refractivity contribution in [2.45, 2.75) is 33.3 Å². The van der Waals surface area contributed by atoms with E-state index in [-0.39, 0.29) is 6.10 Å². The molecule has 3 N–H and O–H groups in total. The second-order valence-corrected chi connectivity index (χ2v) is 4.45. The Bertz CT molecular complexity index is 330. The van der Waals surface area contributed by atoms with Crippen LogP contribution in [0.3, 0.4) is 0 Å². The Morgan fingerprint density at radius 1 is 1.41 bits per heavy atom. The van der Waals surface area contributed by atoms with Crippen molar-refractivity contribution in [1.29, 1.82) is 0 Å². The van der Waals surface area contributed by atoms with Gasteiger partial charge >= 0.3 is 0 Å². The quantitative estimate of drug-likeness (QED) is 0.755. The van der Waals surface area contributed by atoms with E-state index in [9.17, 15) is 0 Å². The van der Waals surface area contributed by atoms with Gasteiger partial charge in [-0.2, -0.15) is 4.98 Å². The Morgan fingerprint density at radius 2 is 2.18 bits per heavy atom. The highest BCUT2D eigenvalue weighted by Gasteiger charge is 2.04. The summed E-state index contributed by atoms with van der Waals surface area (Å²) in [7, 11) is 0. The van der Waals surface area contributed by atoms with Gasteiger partial charge in [0.1, 0.15) is 0 Å². The third-order valence-electron chi connectivity index (χ3n) is 2.25. The first-order valence-electron chi connectivity index (χ1n) is 6.05. The number of nitrogens with one attached hydrogen (secondary N) is 1. The van der Waals surface area contributed by atoms with Gasteiger partial charge in [-0.3, -0.25) is 0 Å². The number of nitrogens with zero attached hydrogens (tertiary/aromatic N) is 2. The maximum absolute atomic E-state index is 5.50. The molecule has 1 aromatic heterocycles. The number of ether oxygens (including phenoxy) is 1. The van der Waals surface area contributed by atoms with Gasteiger partial charge in [-0.1, -0.05) is 6.92 Å². The molecule has 0 aliphatic heterocycles. The minimum Gasteiger partial charge on any atom is -0.475 e. The van der Waals surface area contributed by atoms with E-state index < -0.39 is 0 Å². The van der Waals surface area contributed by atoms with Gasteiger partial charge in [0.05, 0.1) is 6.10 Å². The Labute approximate surface area is 103 Å². The van der Waals surface area contributed by atoms with Crippen LogP contribution in [0.4, 0.5) is 5.95 Å². The first kappa shape index (κ1) is 13.7. The summed E-state index contributed by atoms with van der Waals surface area (Å²) in [6.07, 6.45) is 2.81. The van der Waals surface area contributed by atoms with Crippen LogP contribution in [0.15, 0.2) is 12.3 Å². The largest absolute Gasteiger partial charge is 0.475 e. The summed E-state index contributed by atoms with van der Waals surface area (Å²) in [6.45, 7) is 7.62. The Morgan fingerprint density at radius 3 is 2.82 bits per heavy atom. The molecule has 5 heteroatoms. The monoisotopic (exact) mass is 238 g/mol. The zero-order valence-corrected chi connectivity index (χ0v) is 10.8. The maximum Gasteiger partial charge on any atom is 0.225 e. The summed E-state index contributed by atoms with van der Waals surface area (Å²) in [5.41, 5.74) is 5.50. The summed E-state index contributed by atoms with van der Waals surface area (Å²) in [5, 5.41) is 3.19. The van der Waals surface area contributed by atoms with Gasteiger partial charge in [-0.05, 0) is 32.7 Å². The summed E-state index contributed by atoms with van der Waals surface area (Å²) in [6, 6.07) is 1.76. The average molecular weight is 238 g/mol.